The molecular weight excluding hydrogens is 439 g/mol. The molecule has 33 heavy (non-hydrogen) atoms. The number of carbonyl (C=O) groups excluding carboxylic acids is 2. The summed E-state index contributed by atoms with van der Waals surface area (Å²) in [5.41, 5.74) is -0.0535. The predicted octanol–water partition coefficient (Wildman–Crippen LogP) is 5.32. The highest BCUT2D eigenvalue weighted by molar-refractivity contribution is 6.13. The van der Waals surface area contributed by atoms with E-state index >= 15 is 0 Å². The molecule has 2 aromatic carbocycles. The molecule has 0 bridgehead atoms. The van der Waals surface area contributed by atoms with Crippen LogP contribution in [-0.4, -0.2) is 28.5 Å². The van der Waals surface area contributed by atoms with Gasteiger partial charge >= 0.3 is 12.1 Å². The van der Waals surface area contributed by atoms with Crippen LogP contribution < -0.4 is 4.90 Å². The zero-order valence-corrected chi connectivity index (χ0v) is 17.8. The van der Waals surface area contributed by atoms with Gasteiger partial charge in [-0.3, -0.25) is 29.6 Å². The highest BCUT2D eigenvalue weighted by Gasteiger charge is 2.52. The Hall–Kier alpha value is -3.56. The number of carbonyl (C=O) groups is 2. The van der Waals surface area contributed by atoms with Crippen molar-refractivity contribution >= 4 is 34.5 Å². The summed E-state index contributed by atoms with van der Waals surface area (Å²) < 4.78 is 41.3. The maximum Gasteiger partial charge on any atom is 0.471 e. The summed E-state index contributed by atoms with van der Waals surface area (Å²) in [7, 11) is 0. The summed E-state index contributed by atoms with van der Waals surface area (Å²) in [6.07, 6.45) is -4.76. The van der Waals surface area contributed by atoms with Gasteiger partial charge in [0.15, 0.2) is 0 Å². The molecule has 1 aliphatic carbocycles. The summed E-state index contributed by atoms with van der Waals surface area (Å²) in [6.45, 7) is 3.75. The van der Waals surface area contributed by atoms with E-state index in [-0.39, 0.29) is 34.8 Å². The summed E-state index contributed by atoms with van der Waals surface area (Å²) in [5.74, 6) is -3.58. The van der Waals surface area contributed by atoms with Crippen molar-refractivity contribution in [2.45, 2.75) is 38.9 Å². The molecule has 1 amide bonds. The molecule has 2 unspecified atom stereocenters. The lowest BCUT2D eigenvalue weighted by atomic mass is 9.68. The lowest BCUT2D eigenvalue weighted by molar-refractivity contribution is -0.384. The van der Waals surface area contributed by atoms with Crippen molar-refractivity contribution < 1.29 is 27.7 Å². The number of amides is 1. The molecule has 2 atom stereocenters. The third-order valence-electron chi connectivity index (χ3n) is 5.92. The first kappa shape index (κ1) is 22.6. The largest absolute Gasteiger partial charge is 0.471 e. The summed E-state index contributed by atoms with van der Waals surface area (Å²) in [4.78, 5) is 41.6. The van der Waals surface area contributed by atoms with Gasteiger partial charge in [-0.25, -0.2) is 0 Å². The molecule has 0 spiro atoms. The number of aliphatic imine (C=N–C) groups is 1. The maximum absolute atomic E-state index is 13.8. The molecule has 2 aliphatic rings. The molecule has 1 heterocycles. The molecule has 10 heteroatoms. The first-order valence-electron chi connectivity index (χ1n) is 10.2. The lowest BCUT2D eigenvalue weighted by Crippen LogP contribution is -2.50. The lowest BCUT2D eigenvalue weighted by Gasteiger charge is -2.41. The second-order valence-electron chi connectivity index (χ2n) is 9.02. The van der Waals surface area contributed by atoms with Gasteiger partial charge in [-0.2, -0.15) is 13.2 Å². The Morgan fingerprint density at radius 3 is 2.36 bits per heavy atom. The van der Waals surface area contributed by atoms with E-state index in [1.165, 1.54) is 30.3 Å². The van der Waals surface area contributed by atoms with Gasteiger partial charge in [0.2, 0.25) is 0 Å². The normalized spacial score (nSPS) is 22.0. The van der Waals surface area contributed by atoms with E-state index in [0.717, 1.165) is 12.1 Å². The monoisotopic (exact) mass is 459 g/mol. The minimum absolute atomic E-state index is 0.0734. The van der Waals surface area contributed by atoms with Crippen molar-refractivity contribution in [3.8, 4) is 0 Å². The topological polar surface area (TPSA) is 92.9 Å². The van der Waals surface area contributed by atoms with Gasteiger partial charge in [0.05, 0.1) is 28.3 Å². The second-order valence-corrected chi connectivity index (χ2v) is 9.02. The summed E-state index contributed by atoms with van der Waals surface area (Å²) >= 11 is 0. The van der Waals surface area contributed by atoms with E-state index in [0.29, 0.717) is 17.0 Å². The Labute approximate surface area is 187 Å². The number of nitrogens with zero attached hydrogens (tertiary/aromatic N) is 3. The Bertz CT molecular complexity index is 1170. The van der Waals surface area contributed by atoms with E-state index in [1.54, 1.807) is 6.07 Å². The molecular formula is C23H20F3N3O4. The number of anilines is 1. The van der Waals surface area contributed by atoms with Crippen molar-refractivity contribution in [1.82, 2.24) is 0 Å². The average molecular weight is 459 g/mol. The number of fused-ring (bicyclic) bond motifs is 2. The van der Waals surface area contributed by atoms with Crippen molar-refractivity contribution in [3.63, 3.8) is 0 Å². The molecule has 0 aromatic heterocycles. The summed E-state index contributed by atoms with van der Waals surface area (Å²) in [5, 5.41) is 11.1. The van der Waals surface area contributed by atoms with Gasteiger partial charge in [-0.15, -0.1) is 0 Å². The molecule has 4 rings (SSSR count). The Morgan fingerprint density at radius 1 is 1.12 bits per heavy atom. The number of ketones is 1. The number of alkyl halides is 3. The molecule has 0 radical (unpaired) electrons. The van der Waals surface area contributed by atoms with Crippen molar-refractivity contribution in [2.75, 3.05) is 4.90 Å². The zero-order chi connectivity index (χ0) is 24.1. The molecule has 0 N–H and O–H groups in total. The van der Waals surface area contributed by atoms with Gasteiger partial charge in [-0.05, 0) is 29.5 Å². The number of para-hydroxylation sites is 2. The fourth-order valence-electron chi connectivity index (χ4n) is 4.62. The zero-order valence-electron chi connectivity index (χ0n) is 17.8. The number of rotatable bonds is 2. The average Bonchev–Trinajstić information content (AvgIpc) is 2.85. The van der Waals surface area contributed by atoms with Crippen LogP contribution in [0.3, 0.4) is 0 Å². The van der Waals surface area contributed by atoms with Crippen molar-refractivity contribution in [2.24, 2.45) is 16.3 Å². The second kappa shape index (κ2) is 7.79. The molecule has 1 fully saturated rings. The van der Waals surface area contributed by atoms with Gasteiger partial charge < -0.3 is 0 Å². The van der Waals surface area contributed by atoms with Crippen LogP contribution in [0, 0.1) is 21.4 Å². The van der Waals surface area contributed by atoms with Crippen LogP contribution in [0.15, 0.2) is 53.5 Å². The molecule has 2 aromatic rings. The van der Waals surface area contributed by atoms with Gasteiger partial charge in [0, 0.05) is 24.3 Å². The number of nitro groups is 1. The number of hydrogen-bond acceptors (Lipinski definition) is 5. The highest BCUT2D eigenvalue weighted by Crippen LogP contribution is 2.49. The van der Waals surface area contributed by atoms with Crippen LogP contribution in [-0.2, 0) is 9.59 Å². The number of benzene rings is 2. The fraction of sp³-hybridized carbons (Fsp3) is 0.348. The van der Waals surface area contributed by atoms with E-state index in [9.17, 15) is 32.9 Å². The van der Waals surface area contributed by atoms with Gasteiger partial charge in [0.1, 0.15) is 5.78 Å². The number of Topliss-reactive ketones (excluding diaryl/α,β-unsaturated/α-hetero) is 1. The van der Waals surface area contributed by atoms with Crippen LogP contribution in [0.25, 0.3) is 0 Å². The number of hydrogen-bond donors (Lipinski definition) is 0. The van der Waals surface area contributed by atoms with E-state index in [4.69, 9.17) is 0 Å². The molecule has 1 saturated carbocycles. The smallest absolute Gasteiger partial charge is 0.299 e. The Kier molecular flexibility index (Phi) is 5.34. The third kappa shape index (κ3) is 4.12. The Morgan fingerprint density at radius 2 is 1.76 bits per heavy atom. The maximum atomic E-state index is 13.8. The predicted molar refractivity (Wildman–Crippen MR) is 114 cm³/mol. The van der Waals surface area contributed by atoms with Crippen LogP contribution in [0.5, 0.6) is 0 Å². The fourth-order valence-corrected chi connectivity index (χ4v) is 4.62. The van der Waals surface area contributed by atoms with Crippen LogP contribution >= 0.6 is 0 Å². The standard InChI is InChI=1S/C23H20F3N3O4/c1-22(2)11-16-19(18(30)12-22)20(13-7-9-14(10-8-13)29(32)33)28(21(31)23(24,25)26)17-6-4-3-5-15(17)27-16/h3-10,19-20H,11-12H2,1-2H3. The number of nitro benzene ring substituents is 1. The minimum atomic E-state index is -5.21. The first-order chi connectivity index (χ1) is 15.4. The quantitative estimate of drug-likeness (QED) is 0.449. The highest BCUT2D eigenvalue weighted by atomic mass is 19.4. The number of non-ortho nitro benzene ring substituents is 1. The SMILES string of the molecule is CC1(C)CC(=O)C2C(=Nc3ccccc3N(C(=O)C(F)(F)F)C2c2ccc([N+](=O)[O-])cc2)C1. The molecule has 7 nitrogen and oxygen atoms in total. The van der Waals surface area contributed by atoms with E-state index < -0.39 is 34.4 Å². The van der Waals surface area contributed by atoms with E-state index in [1.807, 2.05) is 13.8 Å². The van der Waals surface area contributed by atoms with Crippen molar-refractivity contribution in [1.29, 1.82) is 0 Å². The van der Waals surface area contributed by atoms with Crippen LogP contribution in [0.1, 0.15) is 38.3 Å². The Balaban J connectivity index is 1.99. The van der Waals surface area contributed by atoms with Gasteiger partial charge in [0.25, 0.3) is 5.69 Å². The number of halogens is 3. The van der Waals surface area contributed by atoms with Crippen LogP contribution in [0.4, 0.5) is 30.2 Å². The molecule has 0 saturated heterocycles. The van der Waals surface area contributed by atoms with Gasteiger partial charge in [-0.1, -0.05) is 38.1 Å². The first-order valence-corrected chi connectivity index (χ1v) is 10.2. The van der Waals surface area contributed by atoms with Crippen LogP contribution in [0.2, 0.25) is 0 Å². The third-order valence-corrected chi connectivity index (χ3v) is 5.92. The molecule has 172 valence electrons. The molecule has 1 aliphatic heterocycles. The summed E-state index contributed by atoms with van der Waals surface area (Å²) in [6, 6.07) is 9.46. The minimum Gasteiger partial charge on any atom is -0.299 e. The van der Waals surface area contributed by atoms with Crippen molar-refractivity contribution in [3.05, 3.63) is 64.2 Å². The van der Waals surface area contributed by atoms with E-state index in [2.05, 4.69) is 4.99 Å².